The molecule has 0 unspecified atom stereocenters. The third kappa shape index (κ3) is 7.45. The van der Waals surface area contributed by atoms with Crippen molar-refractivity contribution in [2.75, 3.05) is 13.7 Å². The molecule has 1 saturated heterocycles. The Hall–Kier alpha value is -4.63. The molecule has 1 aromatic heterocycles. The predicted octanol–water partition coefficient (Wildman–Crippen LogP) is 8.43. The van der Waals surface area contributed by atoms with Crippen LogP contribution in [0.1, 0.15) is 93.4 Å². The van der Waals surface area contributed by atoms with Gasteiger partial charge in [-0.05, 0) is 123 Å². The van der Waals surface area contributed by atoms with E-state index in [0.717, 1.165) is 59.9 Å². The molecule has 1 amide bonds. The summed E-state index contributed by atoms with van der Waals surface area (Å²) < 4.78 is 11.5. The second kappa shape index (κ2) is 15.4. The monoisotopic (exact) mass is 717 g/mol. The van der Waals surface area contributed by atoms with Gasteiger partial charge >= 0.3 is 0 Å². The van der Waals surface area contributed by atoms with Crippen molar-refractivity contribution in [3.8, 4) is 16.9 Å². The van der Waals surface area contributed by atoms with Crippen LogP contribution in [0.25, 0.3) is 21.9 Å². The maximum Gasteiger partial charge on any atom is 0.246 e. The van der Waals surface area contributed by atoms with Gasteiger partial charge in [0, 0.05) is 48.2 Å². The molecule has 4 aliphatic rings. The number of likely N-dealkylation sites (tertiary alicyclic amines) is 1. The molecule has 8 rings (SSSR count). The number of carbonyl (C=O) groups is 1. The second-order valence-electron chi connectivity index (χ2n) is 15.9. The Morgan fingerprint density at radius 1 is 1.11 bits per heavy atom. The predicted molar refractivity (Wildman–Crippen MR) is 212 cm³/mol. The van der Waals surface area contributed by atoms with Crippen molar-refractivity contribution in [1.82, 2.24) is 20.2 Å². The van der Waals surface area contributed by atoms with E-state index >= 15 is 0 Å². The van der Waals surface area contributed by atoms with Crippen LogP contribution in [-0.4, -0.2) is 63.4 Å². The highest BCUT2D eigenvalue weighted by atomic mass is 16.5. The van der Waals surface area contributed by atoms with Crippen LogP contribution in [0, 0.1) is 25.7 Å². The molecular formula is C44H55N5O4. The fourth-order valence-electron chi connectivity index (χ4n) is 8.85. The van der Waals surface area contributed by atoms with Crippen molar-refractivity contribution in [2.24, 2.45) is 16.8 Å². The van der Waals surface area contributed by atoms with Gasteiger partial charge in [0.05, 0.1) is 18.8 Å². The average Bonchev–Trinajstić information content (AvgIpc) is 3.96. The summed E-state index contributed by atoms with van der Waals surface area (Å²) in [5, 5.41) is 14.4. The number of aliphatic hydroxyl groups excluding tert-OH is 1. The molecular weight excluding hydrogens is 663 g/mol. The number of methoxy groups -OCH3 is 1. The molecule has 2 fully saturated rings. The van der Waals surface area contributed by atoms with E-state index < -0.39 is 6.04 Å². The van der Waals surface area contributed by atoms with Crippen molar-refractivity contribution < 1.29 is 19.4 Å². The second-order valence-corrected chi connectivity index (χ2v) is 15.9. The van der Waals surface area contributed by atoms with Gasteiger partial charge in [0.2, 0.25) is 5.91 Å². The maximum atomic E-state index is 13.9. The van der Waals surface area contributed by atoms with Crippen molar-refractivity contribution in [3.05, 3.63) is 89.3 Å². The number of aromatic nitrogens is 2. The molecule has 0 radical (unpaired) electrons. The summed E-state index contributed by atoms with van der Waals surface area (Å²) in [6.45, 7) is 15.2. The Morgan fingerprint density at radius 3 is 2.68 bits per heavy atom. The highest BCUT2D eigenvalue weighted by Gasteiger charge is 2.42. The highest BCUT2D eigenvalue weighted by Crippen LogP contribution is 2.44. The number of fused-ring (bicyclic) bond motifs is 6. The molecule has 3 aromatic carbocycles. The number of hydrogen-bond acceptors (Lipinski definition) is 7. The SMILES string of the molecule is C=C(N[C@H](C(=O)N1[C@@H](C)CC[C@H]1C1=Nc2ccc3cc4c(cc3c2C1)OCc1cc(C)ccc1-4)C(C)C)OC.Cc1cnc([C@H]2CC[C@@H](CCO)C2)[nH]1. The number of rotatable bonds is 9. The number of hydrogen-bond donors (Lipinski definition) is 3. The van der Waals surface area contributed by atoms with Gasteiger partial charge in [-0.1, -0.05) is 43.7 Å². The lowest BCUT2D eigenvalue weighted by Crippen LogP contribution is -2.54. The lowest BCUT2D eigenvalue weighted by molar-refractivity contribution is -0.136. The van der Waals surface area contributed by atoms with Crippen molar-refractivity contribution in [1.29, 1.82) is 0 Å². The van der Waals surface area contributed by atoms with Gasteiger partial charge in [-0.2, -0.15) is 0 Å². The zero-order valence-electron chi connectivity index (χ0n) is 32.2. The van der Waals surface area contributed by atoms with Crippen LogP contribution in [0.2, 0.25) is 0 Å². The molecule has 3 aliphatic heterocycles. The Balaban J connectivity index is 0.000000260. The standard InChI is InChI=1S/C33H37N3O3.C11H18N2O/c1-18(2)32(34-21(5)38-6)33(37)36-20(4)8-12-30(36)29-15-26-25-16-31-27(14-22(25)9-11-28(26)35-29)24-10-7-19(3)13-23(24)17-39-31;1-8-7-12-11(13-8)10-3-2-9(6-10)4-5-14/h7,9-11,13-14,16,18,20,30,32,34H,5,8,12,15,17H2,1-4,6H3;7,9-10,14H,2-6H2,1H3,(H,12,13)/t20-,30-,32-;9-,10-/m00/s1. The number of nitrogens with zero attached hydrogens (tertiary/aromatic N) is 3. The van der Waals surface area contributed by atoms with Crippen molar-refractivity contribution >= 4 is 28.1 Å². The van der Waals surface area contributed by atoms with Crippen LogP contribution < -0.4 is 10.1 Å². The Morgan fingerprint density at radius 2 is 1.94 bits per heavy atom. The van der Waals surface area contributed by atoms with Gasteiger partial charge in [0.25, 0.3) is 0 Å². The smallest absolute Gasteiger partial charge is 0.246 e. The summed E-state index contributed by atoms with van der Waals surface area (Å²) in [5.41, 5.74) is 9.32. The number of carbonyl (C=O) groups excluding carboxylic acids is 1. The minimum absolute atomic E-state index is 0.0159. The lowest BCUT2D eigenvalue weighted by atomic mass is 9.91. The summed E-state index contributed by atoms with van der Waals surface area (Å²) in [6.07, 6.45) is 9.12. The van der Waals surface area contributed by atoms with Gasteiger partial charge in [0.15, 0.2) is 5.88 Å². The fourth-order valence-corrected chi connectivity index (χ4v) is 8.85. The van der Waals surface area contributed by atoms with Crippen LogP contribution in [0.15, 0.2) is 66.1 Å². The zero-order chi connectivity index (χ0) is 37.4. The third-order valence-electron chi connectivity index (χ3n) is 11.8. The van der Waals surface area contributed by atoms with Crippen LogP contribution in [-0.2, 0) is 22.6 Å². The molecule has 5 atom stereocenters. The topological polar surface area (TPSA) is 112 Å². The first-order valence-electron chi connectivity index (χ1n) is 19.4. The summed E-state index contributed by atoms with van der Waals surface area (Å²) in [4.78, 5) is 28.7. The molecule has 53 heavy (non-hydrogen) atoms. The average molecular weight is 718 g/mol. The Kier molecular flexibility index (Phi) is 10.7. The molecule has 1 aliphatic carbocycles. The minimum Gasteiger partial charge on any atom is -0.488 e. The number of amides is 1. The summed E-state index contributed by atoms with van der Waals surface area (Å²) in [7, 11) is 1.56. The highest BCUT2D eigenvalue weighted by molar-refractivity contribution is 6.06. The fraction of sp³-hybridized carbons (Fsp3) is 0.477. The number of aliphatic hydroxyl groups is 1. The van der Waals surface area contributed by atoms with E-state index in [1.54, 1.807) is 7.11 Å². The Labute approximate surface area is 313 Å². The quantitative estimate of drug-likeness (QED) is 0.150. The molecule has 9 heteroatoms. The van der Waals surface area contributed by atoms with E-state index in [0.29, 0.717) is 30.9 Å². The summed E-state index contributed by atoms with van der Waals surface area (Å²) in [5.74, 6) is 3.95. The van der Waals surface area contributed by atoms with E-state index in [4.69, 9.17) is 19.6 Å². The largest absolute Gasteiger partial charge is 0.488 e. The van der Waals surface area contributed by atoms with Gasteiger partial charge in [-0.25, -0.2) is 4.98 Å². The lowest BCUT2D eigenvalue weighted by Gasteiger charge is -2.34. The molecule has 1 saturated carbocycles. The molecule has 3 N–H and O–H groups in total. The first-order chi connectivity index (χ1) is 25.5. The number of aliphatic imine (C=N–C) groups is 1. The van der Waals surface area contributed by atoms with Gasteiger partial charge in [0.1, 0.15) is 24.2 Å². The van der Waals surface area contributed by atoms with E-state index in [1.165, 1.54) is 52.3 Å². The molecule has 4 aromatic rings. The number of aryl methyl sites for hydroxylation is 2. The van der Waals surface area contributed by atoms with Crippen molar-refractivity contribution in [2.45, 2.75) is 110 Å². The maximum absolute atomic E-state index is 13.9. The molecule has 0 spiro atoms. The van der Waals surface area contributed by atoms with Gasteiger partial charge < -0.3 is 29.8 Å². The molecule has 0 bridgehead atoms. The molecule has 4 heterocycles. The van der Waals surface area contributed by atoms with Crippen LogP contribution >= 0.6 is 0 Å². The van der Waals surface area contributed by atoms with Crippen LogP contribution in [0.3, 0.4) is 0 Å². The number of imidazole rings is 1. The first kappa shape index (κ1) is 36.7. The van der Waals surface area contributed by atoms with E-state index in [2.05, 4.69) is 83.1 Å². The third-order valence-corrected chi connectivity index (χ3v) is 11.8. The van der Waals surface area contributed by atoms with E-state index in [1.807, 2.05) is 27.0 Å². The number of aromatic amines is 1. The summed E-state index contributed by atoms with van der Waals surface area (Å²) in [6, 6.07) is 15.1. The molecule has 280 valence electrons. The first-order valence-corrected chi connectivity index (χ1v) is 19.4. The number of ether oxygens (including phenoxy) is 2. The van der Waals surface area contributed by atoms with Gasteiger partial charge in [-0.15, -0.1) is 0 Å². The van der Waals surface area contributed by atoms with Crippen LogP contribution in [0.4, 0.5) is 5.69 Å². The number of benzene rings is 3. The normalized spacial score (nSPS) is 22.0. The number of nitrogens with one attached hydrogen (secondary N) is 2. The Bertz CT molecular complexity index is 2030. The van der Waals surface area contributed by atoms with Gasteiger partial charge in [-0.3, -0.25) is 9.79 Å². The van der Waals surface area contributed by atoms with E-state index in [9.17, 15) is 4.79 Å². The molecule has 9 nitrogen and oxygen atoms in total. The zero-order valence-corrected chi connectivity index (χ0v) is 32.2. The van der Waals surface area contributed by atoms with Crippen LogP contribution in [0.5, 0.6) is 5.75 Å². The number of H-pyrrole nitrogens is 1. The van der Waals surface area contributed by atoms with E-state index in [-0.39, 0.29) is 23.9 Å². The summed E-state index contributed by atoms with van der Waals surface area (Å²) >= 11 is 0. The van der Waals surface area contributed by atoms with Crippen molar-refractivity contribution in [3.63, 3.8) is 0 Å². The minimum atomic E-state index is -0.402.